The van der Waals surface area contributed by atoms with Gasteiger partial charge in [-0.05, 0) is 25.8 Å². The van der Waals surface area contributed by atoms with Gasteiger partial charge in [0.25, 0.3) is 0 Å². The van der Waals surface area contributed by atoms with E-state index in [9.17, 15) is 9.59 Å². The minimum Gasteiger partial charge on any atom is -0.369 e. The zero-order chi connectivity index (χ0) is 11.1. The van der Waals surface area contributed by atoms with E-state index in [0.29, 0.717) is 6.42 Å². The summed E-state index contributed by atoms with van der Waals surface area (Å²) in [5, 5.41) is 0. The Balaban J connectivity index is 4.49. The summed E-state index contributed by atoms with van der Waals surface area (Å²) in [6.07, 6.45) is 4.46. The average Bonchev–Trinajstić information content (AvgIpc) is 2.03. The molecule has 3 nitrogen and oxygen atoms in total. The van der Waals surface area contributed by atoms with Crippen molar-refractivity contribution >= 4 is 11.7 Å². The molecule has 78 valence electrons. The molecule has 0 rings (SSSR count). The lowest BCUT2D eigenvalue weighted by Gasteiger charge is -1.97. The van der Waals surface area contributed by atoms with Crippen LogP contribution < -0.4 is 5.73 Å². The molecule has 0 fully saturated rings. The lowest BCUT2D eigenvalue weighted by molar-refractivity contribution is -0.117. The molecule has 0 spiro atoms. The molecule has 0 aliphatic carbocycles. The molecule has 0 aromatic rings. The fourth-order valence-corrected chi connectivity index (χ4v) is 1.06. The highest BCUT2D eigenvalue weighted by Gasteiger charge is 1.99. The third kappa shape index (κ3) is 5.30. The van der Waals surface area contributed by atoms with Gasteiger partial charge in [0.1, 0.15) is 0 Å². The highest BCUT2D eigenvalue weighted by atomic mass is 16.1. The molecule has 0 atom stereocenters. The van der Waals surface area contributed by atoms with Crippen LogP contribution in [0, 0.1) is 0 Å². The first kappa shape index (κ1) is 12.6. The molecule has 0 saturated carbocycles. The second-order valence-electron chi connectivity index (χ2n) is 3.26. The third-order valence-corrected chi connectivity index (χ3v) is 1.86. The molecule has 0 aliphatic rings. The van der Waals surface area contributed by atoms with Crippen LogP contribution in [-0.4, -0.2) is 11.7 Å². The lowest BCUT2D eigenvalue weighted by Crippen LogP contribution is -2.10. The van der Waals surface area contributed by atoms with Crippen LogP contribution in [0.3, 0.4) is 0 Å². The van der Waals surface area contributed by atoms with Crippen molar-refractivity contribution in [1.29, 1.82) is 0 Å². The molecule has 1 amide bonds. The van der Waals surface area contributed by atoms with Crippen molar-refractivity contribution < 1.29 is 9.59 Å². The van der Waals surface area contributed by atoms with E-state index in [2.05, 4.69) is 0 Å². The SMILES string of the molecule is CC/C(=C\C=C(/C)CC(N)=O)C(C)=O. The maximum Gasteiger partial charge on any atom is 0.221 e. The first-order valence-corrected chi connectivity index (χ1v) is 4.63. The van der Waals surface area contributed by atoms with E-state index in [1.165, 1.54) is 6.92 Å². The Morgan fingerprint density at radius 2 is 1.79 bits per heavy atom. The summed E-state index contributed by atoms with van der Waals surface area (Å²) >= 11 is 0. The van der Waals surface area contributed by atoms with E-state index in [1.807, 2.05) is 13.8 Å². The Morgan fingerprint density at radius 3 is 2.14 bits per heavy atom. The predicted octanol–water partition coefficient (Wildman–Crippen LogP) is 1.73. The lowest BCUT2D eigenvalue weighted by atomic mass is 10.1. The molecule has 0 bridgehead atoms. The predicted molar refractivity (Wildman–Crippen MR) is 56.6 cm³/mol. The number of primary amides is 1. The Labute approximate surface area is 84.7 Å². The van der Waals surface area contributed by atoms with Gasteiger partial charge in [-0.2, -0.15) is 0 Å². The number of hydrogen-bond donors (Lipinski definition) is 1. The smallest absolute Gasteiger partial charge is 0.221 e. The zero-order valence-electron chi connectivity index (χ0n) is 8.96. The normalized spacial score (nSPS) is 12.8. The molecule has 3 heteroatoms. The fourth-order valence-electron chi connectivity index (χ4n) is 1.06. The quantitative estimate of drug-likeness (QED) is 0.536. The first-order chi connectivity index (χ1) is 6.47. The molecule has 0 aromatic carbocycles. The zero-order valence-corrected chi connectivity index (χ0v) is 8.96. The van der Waals surface area contributed by atoms with Gasteiger partial charge >= 0.3 is 0 Å². The molecular weight excluding hydrogens is 178 g/mol. The van der Waals surface area contributed by atoms with Gasteiger partial charge in [-0.3, -0.25) is 9.59 Å². The molecular formula is C11H17NO2. The summed E-state index contributed by atoms with van der Waals surface area (Å²) in [4.78, 5) is 21.6. The Hall–Kier alpha value is -1.38. The van der Waals surface area contributed by atoms with Gasteiger partial charge < -0.3 is 5.73 Å². The topological polar surface area (TPSA) is 60.2 Å². The van der Waals surface area contributed by atoms with Crippen molar-refractivity contribution in [3.63, 3.8) is 0 Å². The van der Waals surface area contributed by atoms with E-state index < -0.39 is 0 Å². The molecule has 2 N–H and O–H groups in total. The van der Waals surface area contributed by atoms with E-state index in [-0.39, 0.29) is 18.1 Å². The van der Waals surface area contributed by atoms with Gasteiger partial charge in [0.05, 0.1) is 0 Å². The average molecular weight is 195 g/mol. The van der Waals surface area contributed by atoms with Crippen molar-refractivity contribution in [2.45, 2.75) is 33.6 Å². The Bertz CT molecular complexity index is 288. The minimum atomic E-state index is -0.354. The standard InChI is InChI=1S/C11H17NO2/c1-4-10(9(3)13)6-5-8(2)7-11(12)14/h5-6H,4,7H2,1-3H3,(H2,12,14)/b8-5+,10-6+. The number of ketones is 1. The summed E-state index contributed by atoms with van der Waals surface area (Å²) in [6.45, 7) is 5.27. The maximum absolute atomic E-state index is 11.0. The molecule has 0 aliphatic heterocycles. The largest absolute Gasteiger partial charge is 0.369 e. The highest BCUT2D eigenvalue weighted by Crippen LogP contribution is 2.05. The van der Waals surface area contributed by atoms with Crippen LogP contribution >= 0.6 is 0 Å². The van der Waals surface area contributed by atoms with E-state index in [1.54, 1.807) is 12.2 Å². The molecule has 0 aromatic heterocycles. The molecule has 0 unspecified atom stereocenters. The third-order valence-electron chi connectivity index (χ3n) is 1.86. The maximum atomic E-state index is 11.0. The number of hydrogen-bond acceptors (Lipinski definition) is 2. The van der Waals surface area contributed by atoms with E-state index in [0.717, 1.165) is 11.1 Å². The van der Waals surface area contributed by atoms with Crippen LogP contribution in [0.1, 0.15) is 33.6 Å². The Kier molecular flexibility index (Phi) is 5.53. The molecule has 0 heterocycles. The summed E-state index contributed by atoms with van der Waals surface area (Å²) in [7, 11) is 0. The van der Waals surface area contributed by atoms with Crippen molar-refractivity contribution in [2.24, 2.45) is 5.73 Å². The monoisotopic (exact) mass is 195 g/mol. The van der Waals surface area contributed by atoms with Crippen LogP contribution in [0.5, 0.6) is 0 Å². The van der Waals surface area contributed by atoms with Crippen LogP contribution in [0.2, 0.25) is 0 Å². The summed E-state index contributed by atoms with van der Waals surface area (Å²) in [5.41, 5.74) is 6.65. The fraction of sp³-hybridized carbons (Fsp3) is 0.455. The number of carbonyl (C=O) groups excluding carboxylic acids is 2. The van der Waals surface area contributed by atoms with E-state index >= 15 is 0 Å². The minimum absolute atomic E-state index is 0.0654. The van der Waals surface area contributed by atoms with Crippen LogP contribution in [0.4, 0.5) is 0 Å². The number of Topliss-reactive ketones (excluding diaryl/α,β-unsaturated/α-hetero) is 1. The summed E-state index contributed by atoms with van der Waals surface area (Å²) in [6, 6.07) is 0. The molecule has 0 radical (unpaired) electrons. The van der Waals surface area contributed by atoms with Gasteiger partial charge in [0.15, 0.2) is 5.78 Å². The second kappa shape index (κ2) is 6.13. The Morgan fingerprint density at radius 1 is 1.21 bits per heavy atom. The first-order valence-electron chi connectivity index (χ1n) is 4.63. The number of carbonyl (C=O) groups is 2. The van der Waals surface area contributed by atoms with Gasteiger partial charge in [0, 0.05) is 6.42 Å². The summed E-state index contributed by atoms with van der Waals surface area (Å²) in [5.74, 6) is -0.288. The van der Waals surface area contributed by atoms with Crippen molar-refractivity contribution in [3.05, 3.63) is 23.3 Å². The number of nitrogens with two attached hydrogens (primary N) is 1. The van der Waals surface area contributed by atoms with Crippen LogP contribution in [0.15, 0.2) is 23.3 Å². The second-order valence-corrected chi connectivity index (χ2v) is 3.26. The summed E-state index contributed by atoms with van der Waals surface area (Å²) < 4.78 is 0. The number of allylic oxidation sites excluding steroid dienone is 3. The van der Waals surface area contributed by atoms with E-state index in [4.69, 9.17) is 5.73 Å². The van der Waals surface area contributed by atoms with Crippen LogP contribution in [0.25, 0.3) is 0 Å². The van der Waals surface area contributed by atoms with Crippen LogP contribution in [-0.2, 0) is 9.59 Å². The highest BCUT2D eigenvalue weighted by molar-refractivity contribution is 5.93. The molecule has 0 saturated heterocycles. The van der Waals surface area contributed by atoms with Gasteiger partial charge in [-0.25, -0.2) is 0 Å². The van der Waals surface area contributed by atoms with Crippen molar-refractivity contribution in [1.82, 2.24) is 0 Å². The van der Waals surface area contributed by atoms with Crippen molar-refractivity contribution in [2.75, 3.05) is 0 Å². The number of rotatable bonds is 5. The van der Waals surface area contributed by atoms with Gasteiger partial charge in [0.2, 0.25) is 5.91 Å². The number of amides is 1. The van der Waals surface area contributed by atoms with Gasteiger partial charge in [-0.1, -0.05) is 24.6 Å². The van der Waals surface area contributed by atoms with Gasteiger partial charge in [-0.15, -0.1) is 0 Å². The van der Waals surface area contributed by atoms with Crippen molar-refractivity contribution in [3.8, 4) is 0 Å². The molecule has 14 heavy (non-hydrogen) atoms.